The molecule has 0 amide bonds. The Bertz CT molecular complexity index is 1110. The molecule has 29 heavy (non-hydrogen) atoms. The van der Waals surface area contributed by atoms with Gasteiger partial charge < -0.3 is 15.3 Å². The van der Waals surface area contributed by atoms with Gasteiger partial charge in [0.2, 0.25) is 0 Å². The van der Waals surface area contributed by atoms with Crippen LogP contribution in [-0.4, -0.2) is 38.5 Å². The number of pyridine rings is 1. The molecule has 1 aliphatic heterocycles. The van der Waals surface area contributed by atoms with Gasteiger partial charge in [-0.05, 0) is 37.1 Å². The minimum atomic E-state index is 0.172. The van der Waals surface area contributed by atoms with Crippen LogP contribution < -0.4 is 15.6 Å². The van der Waals surface area contributed by atoms with Crippen molar-refractivity contribution in [2.45, 2.75) is 13.3 Å². The standard InChI is InChI=1S/C20H20N8O/c1-4-6-13-7-5-8-14(16(13)29)11-21-26-20-24-19-18(25-27-20)23-17-15(28(19)3)10-9-12(2)22-17/h4-5,7-11,29H,1,6H2,2-3H3,(H,22,23,25)(H,24,26,27). The lowest BCUT2D eigenvalue weighted by molar-refractivity contribution is 0.469. The van der Waals surface area contributed by atoms with Crippen molar-refractivity contribution in [3.8, 4) is 5.75 Å². The Hall–Kier alpha value is -4.01. The number of phenolic OH excluding ortho intramolecular Hbond substituents is 1. The van der Waals surface area contributed by atoms with E-state index in [-0.39, 0.29) is 11.7 Å². The number of aryl methyl sites for hydroxylation is 1. The van der Waals surface area contributed by atoms with Gasteiger partial charge in [-0.2, -0.15) is 10.1 Å². The summed E-state index contributed by atoms with van der Waals surface area (Å²) in [5.41, 5.74) is 5.92. The maximum absolute atomic E-state index is 10.3. The van der Waals surface area contributed by atoms with Crippen LogP contribution in [-0.2, 0) is 6.42 Å². The summed E-state index contributed by atoms with van der Waals surface area (Å²) in [6.45, 7) is 5.62. The van der Waals surface area contributed by atoms with Gasteiger partial charge in [0, 0.05) is 18.3 Å². The molecule has 3 heterocycles. The fraction of sp³-hybridized carbons (Fsp3) is 0.150. The summed E-state index contributed by atoms with van der Waals surface area (Å²) in [5, 5.41) is 25.8. The van der Waals surface area contributed by atoms with E-state index >= 15 is 0 Å². The Morgan fingerprint density at radius 2 is 2.07 bits per heavy atom. The number of benzene rings is 1. The third-order valence-electron chi connectivity index (χ3n) is 4.48. The molecule has 2 aromatic heterocycles. The number of phenols is 1. The molecule has 0 bridgehead atoms. The summed E-state index contributed by atoms with van der Waals surface area (Å²) in [5.74, 6) is 2.24. The van der Waals surface area contributed by atoms with E-state index in [0.717, 1.165) is 16.9 Å². The molecule has 4 rings (SSSR count). The number of aromatic nitrogens is 4. The van der Waals surface area contributed by atoms with Gasteiger partial charge in [0.1, 0.15) is 5.75 Å². The van der Waals surface area contributed by atoms with Crippen LogP contribution in [0.5, 0.6) is 5.75 Å². The van der Waals surface area contributed by atoms with E-state index in [4.69, 9.17) is 0 Å². The summed E-state index contributed by atoms with van der Waals surface area (Å²) >= 11 is 0. The lowest BCUT2D eigenvalue weighted by Gasteiger charge is -2.27. The first-order valence-corrected chi connectivity index (χ1v) is 9.00. The summed E-state index contributed by atoms with van der Waals surface area (Å²) in [6, 6.07) is 9.37. The first-order valence-electron chi connectivity index (χ1n) is 9.00. The number of allylic oxidation sites excluding steroid dienone is 1. The molecular weight excluding hydrogens is 368 g/mol. The van der Waals surface area contributed by atoms with E-state index in [2.05, 4.69) is 42.6 Å². The summed E-state index contributed by atoms with van der Waals surface area (Å²) in [4.78, 5) is 10.8. The Labute approximate surface area is 167 Å². The second-order valence-electron chi connectivity index (χ2n) is 6.53. The molecule has 3 aromatic rings. The molecule has 1 aliphatic rings. The third kappa shape index (κ3) is 3.57. The molecular formula is C20H20N8O. The number of hydrazone groups is 1. The van der Waals surface area contributed by atoms with Crippen molar-refractivity contribution < 1.29 is 5.11 Å². The van der Waals surface area contributed by atoms with Gasteiger partial charge in [-0.15, -0.1) is 16.8 Å². The van der Waals surface area contributed by atoms with Crippen LogP contribution in [0.4, 0.5) is 29.1 Å². The van der Waals surface area contributed by atoms with Crippen LogP contribution in [0.25, 0.3) is 0 Å². The fourth-order valence-electron chi connectivity index (χ4n) is 3.01. The van der Waals surface area contributed by atoms with E-state index in [1.807, 2.05) is 43.1 Å². The van der Waals surface area contributed by atoms with E-state index in [9.17, 15) is 5.11 Å². The zero-order valence-electron chi connectivity index (χ0n) is 16.1. The highest BCUT2D eigenvalue weighted by Gasteiger charge is 2.24. The Morgan fingerprint density at radius 1 is 1.21 bits per heavy atom. The predicted octanol–water partition coefficient (Wildman–Crippen LogP) is 3.28. The van der Waals surface area contributed by atoms with Crippen LogP contribution in [0.3, 0.4) is 0 Å². The molecule has 0 atom stereocenters. The SMILES string of the molecule is C=CCc1cccc(C=NNc2nnc3c(n2)N(C)c2ccc(C)nc2N3)c1O. The number of nitrogens with zero attached hydrogens (tertiary/aromatic N) is 6. The number of para-hydroxylation sites is 1. The number of fused-ring (bicyclic) bond motifs is 2. The summed E-state index contributed by atoms with van der Waals surface area (Å²) in [7, 11) is 1.89. The molecule has 0 radical (unpaired) electrons. The van der Waals surface area contributed by atoms with Crippen molar-refractivity contribution in [1.82, 2.24) is 20.2 Å². The molecule has 0 spiro atoms. The Balaban J connectivity index is 1.54. The molecule has 0 saturated heterocycles. The highest BCUT2D eigenvalue weighted by atomic mass is 16.3. The van der Waals surface area contributed by atoms with E-state index in [0.29, 0.717) is 29.4 Å². The van der Waals surface area contributed by atoms with Crippen molar-refractivity contribution in [2.24, 2.45) is 5.10 Å². The molecule has 0 unspecified atom stereocenters. The number of hydrogen-bond donors (Lipinski definition) is 3. The number of aromatic hydroxyl groups is 1. The normalized spacial score (nSPS) is 12.3. The van der Waals surface area contributed by atoms with E-state index in [1.54, 1.807) is 12.1 Å². The first-order chi connectivity index (χ1) is 14.1. The maximum atomic E-state index is 10.3. The van der Waals surface area contributed by atoms with Crippen molar-refractivity contribution in [2.75, 3.05) is 22.7 Å². The van der Waals surface area contributed by atoms with Crippen molar-refractivity contribution in [1.29, 1.82) is 0 Å². The topological polar surface area (TPSA) is 111 Å². The number of nitrogens with one attached hydrogen (secondary N) is 2. The lowest BCUT2D eigenvalue weighted by Crippen LogP contribution is -2.22. The highest BCUT2D eigenvalue weighted by molar-refractivity contribution is 5.86. The second kappa shape index (κ2) is 7.55. The van der Waals surface area contributed by atoms with Gasteiger partial charge in [0.25, 0.3) is 5.95 Å². The number of hydrogen-bond acceptors (Lipinski definition) is 9. The van der Waals surface area contributed by atoms with Crippen LogP contribution in [0.1, 0.15) is 16.8 Å². The smallest absolute Gasteiger partial charge is 0.265 e. The second-order valence-corrected chi connectivity index (χ2v) is 6.53. The molecule has 0 saturated carbocycles. The molecule has 146 valence electrons. The molecule has 1 aromatic carbocycles. The van der Waals surface area contributed by atoms with Gasteiger partial charge in [-0.1, -0.05) is 18.2 Å². The third-order valence-corrected chi connectivity index (χ3v) is 4.48. The van der Waals surface area contributed by atoms with Crippen molar-refractivity contribution in [3.05, 3.63) is 59.8 Å². The Kier molecular flexibility index (Phi) is 4.78. The minimum absolute atomic E-state index is 0.172. The predicted molar refractivity (Wildman–Crippen MR) is 113 cm³/mol. The monoisotopic (exact) mass is 388 g/mol. The molecule has 9 heteroatoms. The first kappa shape index (κ1) is 18.4. The summed E-state index contributed by atoms with van der Waals surface area (Å²) < 4.78 is 0. The molecule has 3 N–H and O–H groups in total. The van der Waals surface area contributed by atoms with Crippen molar-refractivity contribution in [3.63, 3.8) is 0 Å². The van der Waals surface area contributed by atoms with Gasteiger partial charge in [-0.25, -0.2) is 10.4 Å². The lowest BCUT2D eigenvalue weighted by atomic mass is 10.1. The minimum Gasteiger partial charge on any atom is -0.507 e. The quantitative estimate of drug-likeness (QED) is 0.347. The van der Waals surface area contributed by atoms with Crippen molar-refractivity contribution >= 4 is 35.3 Å². The number of anilines is 5. The van der Waals surface area contributed by atoms with Crippen LogP contribution in [0.15, 0.2) is 48.1 Å². The number of rotatable bonds is 5. The van der Waals surface area contributed by atoms with E-state index < -0.39 is 0 Å². The van der Waals surface area contributed by atoms with Gasteiger partial charge in [0.15, 0.2) is 17.5 Å². The largest absolute Gasteiger partial charge is 0.507 e. The van der Waals surface area contributed by atoms with Crippen LogP contribution in [0.2, 0.25) is 0 Å². The van der Waals surface area contributed by atoms with Gasteiger partial charge >= 0.3 is 0 Å². The van der Waals surface area contributed by atoms with Crippen LogP contribution >= 0.6 is 0 Å². The van der Waals surface area contributed by atoms with Crippen LogP contribution in [0, 0.1) is 6.92 Å². The van der Waals surface area contributed by atoms with E-state index in [1.165, 1.54) is 6.21 Å². The average Bonchev–Trinajstić information content (AvgIpc) is 2.71. The fourth-order valence-corrected chi connectivity index (χ4v) is 3.01. The summed E-state index contributed by atoms with van der Waals surface area (Å²) in [6.07, 6.45) is 3.82. The molecule has 0 aliphatic carbocycles. The van der Waals surface area contributed by atoms with Gasteiger partial charge in [0.05, 0.1) is 11.9 Å². The average molecular weight is 388 g/mol. The maximum Gasteiger partial charge on any atom is 0.265 e. The van der Waals surface area contributed by atoms with Gasteiger partial charge in [-0.3, -0.25) is 0 Å². The highest BCUT2D eigenvalue weighted by Crippen LogP contribution is 2.39. The Morgan fingerprint density at radius 3 is 2.90 bits per heavy atom. The zero-order chi connectivity index (χ0) is 20.4. The molecule has 0 fully saturated rings. The zero-order valence-corrected chi connectivity index (χ0v) is 16.1. The molecule has 9 nitrogen and oxygen atoms in total.